The van der Waals surface area contributed by atoms with Crippen molar-refractivity contribution in [3.63, 3.8) is 0 Å². The Bertz CT molecular complexity index is 2870. The van der Waals surface area contributed by atoms with Crippen LogP contribution in [0.15, 0.2) is 42.5 Å². The molecule has 0 bridgehead atoms. The Morgan fingerprint density at radius 2 is 0.979 bits per heavy atom. The van der Waals surface area contributed by atoms with Crippen molar-refractivity contribution in [2.24, 2.45) is 11.8 Å². The van der Waals surface area contributed by atoms with E-state index in [1.165, 1.54) is 6.92 Å². The van der Waals surface area contributed by atoms with Gasteiger partial charge in [0, 0.05) is 104 Å². The molecular formula is C63H96N12O21. The van der Waals surface area contributed by atoms with Crippen molar-refractivity contribution in [3.05, 3.63) is 48.0 Å². The van der Waals surface area contributed by atoms with Crippen LogP contribution in [0.1, 0.15) is 89.5 Å². The van der Waals surface area contributed by atoms with Gasteiger partial charge in [0.15, 0.2) is 0 Å². The topological polar surface area (TPSA) is 471 Å². The van der Waals surface area contributed by atoms with Gasteiger partial charge in [-0.25, -0.2) is 14.4 Å². The summed E-state index contributed by atoms with van der Waals surface area (Å²) in [4.78, 5) is 167. The Morgan fingerprint density at radius 3 is 1.52 bits per heavy atom. The summed E-state index contributed by atoms with van der Waals surface area (Å²) in [6.07, 6.45) is 3.18. The van der Waals surface area contributed by atoms with Gasteiger partial charge >= 0.3 is 41.8 Å². The number of unbranched alkanes of at least 4 members (excludes halogenated alkanes) is 2. The molecule has 8 amide bonds. The van der Waals surface area contributed by atoms with E-state index in [2.05, 4.69) is 42.5 Å². The zero-order valence-corrected chi connectivity index (χ0v) is 54.4. The molecule has 0 radical (unpaired) electrons. The average molecular weight is 1360 g/mol. The highest BCUT2D eigenvalue weighted by Crippen LogP contribution is 2.29. The number of urea groups is 1. The number of benzene rings is 2. The molecule has 2 aromatic carbocycles. The van der Waals surface area contributed by atoms with Crippen molar-refractivity contribution in [2.45, 2.75) is 115 Å². The highest BCUT2D eigenvalue weighted by molar-refractivity contribution is 5.90. The number of rotatable bonds is 42. The predicted octanol–water partition coefficient (Wildman–Crippen LogP) is -1.44. The first-order chi connectivity index (χ1) is 45.8. The molecule has 1 saturated heterocycles. The fourth-order valence-electron chi connectivity index (χ4n) is 11.0. The van der Waals surface area contributed by atoms with Crippen LogP contribution in [0.2, 0.25) is 0 Å². The lowest BCUT2D eigenvalue weighted by Crippen LogP contribution is -2.51. The Labute approximate surface area is 556 Å². The van der Waals surface area contributed by atoms with Gasteiger partial charge in [-0.2, -0.15) is 0 Å². The van der Waals surface area contributed by atoms with Crippen molar-refractivity contribution in [1.82, 2.24) is 62.1 Å². The number of hydrogen-bond donors (Lipinski definition) is 14. The Balaban J connectivity index is 1.11. The van der Waals surface area contributed by atoms with Crippen LogP contribution < -0.4 is 42.5 Å². The van der Waals surface area contributed by atoms with Gasteiger partial charge in [0.2, 0.25) is 35.4 Å². The van der Waals surface area contributed by atoms with Crippen LogP contribution in [-0.2, 0) is 73.4 Å². The molecule has 1 heterocycles. The highest BCUT2D eigenvalue weighted by atomic mass is 16.5. The smallest absolute Gasteiger partial charge is 0.326 e. The number of fused-ring (bicyclic) bond motifs is 1. The van der Waals surface area contributed by atoms with Crippen molar-refractivity contribution in [2.75, 3.05) is 131 Å². The number of carbonyl (C=O) groups is 13. The Kier molecular flexibility index (Phi) is 36.7. The van der Waals surface area contributed by atoms with Gasteiger partial charge in [0.25, 0.3) is 0 Å². The van der Waals surface area contributed by atoms with Crippen LogP contribution in [0.4, 0.5) is 4.79 Å². The molecule has 33 heteroatoms. The van der Waals surface area contributed by atoms with Gasteiger partial charge in [-0.1, -0.05) is 42.5 Å². The summed E-state index contributed by atoms with van der Waals surface area (Å²) in [5.74, 6) is -9.86. The third-order valence-electron chi connectivity index (χ3n) is 16.2. The second-order valence-corrected chi connectivity index (χ2v) is 23.9. The maximum atomic E-state index is 13.8. The van der Waals surface area contributed by atoms with E-state index in [1.807, 2.05) is 47.4 Å². The first-order valence-electron chi connectivity index (χ1n) is 32.4. The minimum Gasteiger partial charge on any atom is -0.481 e. The zero-order valence-electron chi connectivity index (χ0n) is 54.4. The zero-order chi connectivity index (χ0) is 70.4. The molecule has 4 atom stereocenters. The van der Waals surface area contributed by atoms with Gasteiger partial charge in [0.05, 0.1) is 46.0 Å². The lowest BCUT2D eigenvalue weighted by atomic mass is 9.81. The molecule has 14 N–H and O–H groups in total. The van der Waals surface area contributed by atoms with Crippen LogP contribution in [0.25, 0.3) is 10.8 Å². The van der Waals surface area contributed by atoms with Crippen LogP contribution in [0.5, 0.6) is 0 Å². The molecule has 4 rings (SSSR count). The third kappa shape index (κ3) is 33.7. The highest BCUT2D eigenvalue weighted by Gasteiger charge is 2.31. The molecule has 33 nitrogen and oxygen atoms in total. The maximum Gasteiger partial charge on any atom is 0.326 e. The van der Waals surface area contributed by atoms with Gasteiger partial charge in [-0.15, -0.1) is 0 Å². The lowest BCUT2D eigenvalue weighted by Gasteiger charge is -2.32. The van der Waals surface area contributed by atoms with E-state index in [9.17, 15) is 87.9 Å². The summed E-state index contributed by atoms with van der Waals surface area (Å²) < 4.78 is 11.1. The Morgan fingerprint density at radius 1 is 0.479 bits per heavy atom. The number of amides is 8. The molecule has 2 aromatic rings. The molecule has 1 aliphatic carbocycles. The van der Waals surface area contributed by atoms with Crippen LogP contribution in [-0.4, -0.2) is 283 Å². The first kappa shape index (κ1) is 79.8. The monoisotopic (exact) mass is 1360 g/mol. The number of carboxylic acid groups (broad SMARTS) is 6. The fourth-order valence-corrected chi connectivity index (χ4v) is 11.0. The molecule has 1 unspecified atom stereocenters. The maximum absolute atomic E-state index is 13.8. The van der Waals surface area contributed by atoms with Gasteiger partial charge in [-0.05, 0) is 92.9 Å². The first-order valence-corrected chi connectivity index (χ1v) is 32.4. The second-order valence-electron chi connectivity index (χ2n) is 23.9. The number of carboxylic acids is 6. The van der Waals surface area contributed by atoms with Crippen LogP contribution >= 0.6 is 0 Å². The SMILES string of the molecule is CC(=O)N[C@H](CCCCNC(=O)CN1CCN(CC(=O)O)CCN(CC(=O)O)CCN(CC(=O)O)CC1)C(=O)NCCOCCOCC(=O)NCC1CCC(C(=O)NC(Cc2ccc3ccccc3c2)C(=O)NCCCC[C@H](NC(=O)N[C@@H](CCC(=O)O)C(=O)O)C(=O)O)CC1. The van der Waals surface area contributed by atoms with Crippen molar-refractivity contribution in [3.8, 4) is 0 Å². The molecule has 0 spiro atoms. The van der Waals surface area contributed by atoms with Gasteiger partial charge in [-0.3, -0.25) is 67.5 Å². The van der Waals surface area contributed by atoms with Gasteiger partial charge < -0.3 is 82.6 Å². The average Bonchev–Trinajstić information content (AvgIpc) is 0.851. The summed E-state index contributed by atoms with van der Waals surface area (Å²) in [7, 11) is 0. The van der Waals surface area contributed by atoms with Crippen molar-refractivity contribution in [1.29, 1.82) is 0 Å². The fraction of sp³-hybridized carbons (Fsp3) is 0.635. The molecule has 1 aliphatic heterocycles. The normalized spacial score (nSPS) is 17.3. The molecule has 0 aromatic heterocycles. The Hall–Kier alpha value is -8.63. The predicted molar refractivity (Wildman–Crippen MR) is 344 cm³/mol. The summed E-state index contributed by atoms with van der Waals surface area (Å²) >= 11 is 0. The number of aliphatic carboxylic acids is 6. The van der Waals surface area contributed by atoms with E-state index >= 15 is 0 Å². The molecular weight excluding hydrogens is 1260 g/mol. The molecule has 534 valence electrons. The summed E-state index contributed by atoms with van der Waals surface area (Å²) in [6, 6.07) is 7.59. The number of nitrogens with zero attached hydrogens (tertiary/aromatic N) is 4. The van der Waals surface area contributed by atoms with Crippen LogP contribution in [0.3, 0.4) is 0 Å². The quantitative estimate of drug-likeness (QED) is 0.0339. The van der Waals surface area contributed by atoms with E-state index < -0.39 is 102 Å². The van der Waals surface area contributed by atoms with E-state index in [4.69, 9.17) is 14.6 Å². The number of hydrogen-bond acceptors (Lipinski definition) is 19. The third-order valence-corrected chi connectivity index (χ3v) is 16.2. The number of ether oxygens (including phenoxy) is 2. The minimum absolute atomic E-state index is 0.0529. The van der Waals surface area contributed by atoms with E-state index in [0.717, 1.165) is 16.3 Å². The summed E-state index contributed by atoms with van der Waals surface area (Å²) in [5, 5.41) is 79.4. The van der Waals surface area contributed by atoms with Crippen molar-refractivity contribution >= 4 is 88.1 Å². The van der Waals surface area contributed by atoms with Gasteiger partial charge in [0.1, 0.15) is 30.8 Å². The van der Waals surface area contributed by atoms with E-state index in [-0.39, 0.29) is 180 Å². The number of nitrogens with one attached hydrogen (secondary N) is 8. The number of carbonyl (C=O) groups excluding carboxylic acids is 7. The standard InChI is InChI=1S/C63H96N12O21/c1-42(76)68-48(10-4-6-20-64-52(77)37-72-23-25-73(38-55(81)82)27-29-75(40-57(85)86)30-28-74(26-24-72)39-56(83)84)59(88)66-22-31-95-32-33-96-41-53(78)67-36-43-12-16-46(17-13-43)58(87)69-51(35-44-14-15-45-8-2-3-9-47(45)34-44)60(89)65-21-7-5-11-49(61(90)91)70-63(94)71-50(62(92)93)18-19-54(79)80/h2-3,8-9,14-15,34,43,46,48-51H,4-7,10-13,16-33,35-41H2,1H3,(H,64,77)(H,65,89)(H,66,88)(H,67,78)(H,68,76)(H,69,87)(H,79,80)(H,81,82)(H,83,84)(H,85,86)(H,90,91)(H,92,93)(H2,70,71,94)/t43?,46?,48-,49+,50+,51?/m1/s1. The van der Waals surface area contributed by atoms with Crippen LogP contribution in [0, 0.1) is 11.8 Å². The molecule has 1 saturated carbocycles. The van der Waals surface area contributed by atoms with E-state index in [1.54, 1.807) is 14.7 Å². The second kappa shape index (κ2) is 44.2. The van der Waals surface area contributed by atoms with E-state index in [0.29, 0.717) is 45.1 Å². The van der Waals surface area contributed by atoms with Crippen molar-refractivity contribution < 1.29 is 102 Å². The molecule has 96 heavy (non-hydrogen) atoms. The summed E-state index contributed by atoms with van der Waals surface area (Å²) in [6.45, 7) is 3.38. The largest absolute Gasteiger partial charge is 0.481 e. The summed E-state index contributed by atoms with van der Waals surface area (Å²) in [5.41, 5.74) is 0.805. The molecule has 2 fully saturated rings. The minimum atomic E-state index is -1.56. The molecule has 2 aliphatic rings. The lowest BCUT2D eigenvalue weighted by molar-refractivity contribution is -0.141.